The van der Waals surface area contributed by atoms with Crippen LogP contribution >= 0.6 is 11.3 Å². The average molecular weight is 517 g/mol. The number of methoxy groups -OCH3 is 1. The van der Waals surface area contributed by atoms with E-state index in [9.17, 15) is 19.1 Å². The zero-order chi connectivity index (χ0) is 25.8. The summed E-state index contributed by atoms with van der Waals surface area (Å²) in [5.41, 5.74) is 2.32. The summed E-state index contributed by atoms with van der Waals surface area (Å²) in [4.78, 5) is 32.7. The van der Waals surface area contributed by atoms with Gasteiger partial charge in [0.25, 0.3) is 5.78 Å². The number of hydrogen-bond acceptors (Lipinski definition) is 7. The summed E-state index contributed by atoms with van der Waals surface area (Å²) < 4.78 is 25.5. The van der Waals surface area contributed by atoms with Crippen molar-refractivity contribution in [3.63, 3.8) is 0 Å². The van der Waals surface area contributed by atoms with E-state index in [1.54, 1.807) is 42.5 Å². The standard InChI is InChI=1S/C28H21FN2O5S/c1-14-10-17-11-16(6-9-21(17)36-14)25(32)23-24(15-4-3-5-19(12-15)35-2)31(27(34)26(23)33)28-30-20-8-7-18(29)13-22(20)37-28/h3-9,11-14,24,32H,10H2,1-2H3/b25-23+/t14-,24-/m1/s1. The second kappa shape index (κ2) is 8.70. The molecule has 7 nitrogen and oxygen atoms in total. The molecule has 4 aromatic rings. The Balaban J connectivity index is 1.54. The van der Waals surface area contributed by atoms with Gasteiger partial charge in [-0.1, -0.05) is 23.5 Å². The molecule has 0 bridgehead atoms. The van der Waals surface area contributed by atoms with Crippen LogP contribution in [0.25, 0.3) is 16.0 Å². The number of anilines is 1. The highest BCUT2D eigenvalue weighted by molar-refractivity contribution is 7.22. The zero-order valence-corrected chi connectivity index (χ0v) is 20.7. The van der Waals surface area contributed by atoms with E-state index >= 15 is 0 Å². The molecule has 2 atom stereocenters. The van der Waals surface area contributed by atoms with Crippen molar-refractivity contribution in [3.05, 3.63) is 88.7 Å². The molecule has 0 aliphatic carbocycles. The van der Waals surface area contributed by atoms with Crippen LogP contribution in [0.4, 0.5) is 9.52 Å². The molecule has 1 N–H and O–H groups in total. The normalized spacial score (nSPS) is 20.4. The van der Waals surface area contributed by atoms with Crippen molar-refractivity contribution in [2.75, 3.05) is 12.0 Å². The maximum Gasteiger partial charge on any atom is 0.301 e. The average Bonchev–Trinajstić information content (AvgIpc) is 3.55. The number of ketones is 1. The van der Waals surface area contributed by atoms with E-state index in [4.69, 9.17) is 9.47 Å². The molecule has 2 aliphatic heterocycles. The van der Waals surface area contributed by atoms with E-state index in [0.29, 0.717) is 33.5 Å². The Bertz CT molecular complexity index is 1630. The van der Waals surface area contributed by atoms with Crippen LogP contribution in [0.3, 0.4) is 0 Å². The lowest BCUT2D eigenvalue weighted by Gasteiger charge is -2.23. The SMILES string of the molecule is COc1cccc([C@@H]2/C(=C(\O)c3ccc4c(c3)C[C@@H](C)O4)C(=O)C(=O)N2c2nc3ccc(F)cc3s2)c1. The van der Waals surface area contributed by atoms with Crippen molar-refractivity contribution in [2.45, 2.75) is 25.5 Å². The van der Waals surface area contributed by atoms with E-state index in [2.05, 4.69) is 4.98 Å². The Hall–Kier alpha value is -4.24. The van der Waals surface area contributed by atoms with Gasteiger partial charge >= 0.3 is 5.91 Å². The van der Waals surface area contributed by atoms with Gasteiger partial charge in [-0.3, -0.25) is 14.5 Å². The van der Waals surface area contributed by atoms with Crippen LogP contribution in [-0.4, -0.2) is 35.0 Å². The first-order chi connectivity index (χ1) is 17.8. The Morgan fingerprint density at radius 2 is 2.00 bits per heavy atom. The number of thiazole rings is 1. The van der Waals surface area contributed by atoms with Gasteiger partial charge in [0.15, 0.2) is 5.13 Å². The number of hydrogen-bond donors (Lipinski definition) is 1. The minimum Gasteiger partial charge on any atom is -0.507 e. The van der Waals surface area contributed by atoms with Crippen LogP contribution in [0.2, 0.25) is 0 Å². The molecular weight excluding hydrogens is 495 g/mol. The molecule has 2 aliphatic rings. The van der Waals surface area contributed by atoms with E-state index < -0.39 is 23.5 Å². The summed E-state index contributed by atoms with van der Waals surface area (Å²) in [6.45, 7) is 1.96. The topological polar surface area (TPSA) is 89.0 Å². The maximum absolute atomic E-state index is 13.8. The number of amides is 1. The van der Waals surface area contributed by atoms with Gasteiger partial charge in [0, 0.05) is 12.0 Å². The van der Waals surface area contributed by atoms with Gasteiger partial charge in [-0.05, 0) is 66.6 Å². The molecule has 9 heteroatoms. The predicted octanol–water partition coefficient (Wildman–Crippen LogP) is 5.39. The number of aliphatic hydroxyl groups is 1. The van der Waals surface area contributed by atoms with Crippen LogP contribution in [0.1, 0.15) is 29.7 Å². The Morgan fingerprint density at radius 3 is 2.81 bits per heavy atom. The number of rotatable bonds is 4. The Labute approximate surface area is 215 Å². The number of ether oxygens (including phenoxy) is 2. The van der Waals surface area contributed by atoms with Crippen LogP contribution in [0.15, 0.2) is 66.2 Å². The highest BCUT2D eigenvalue weighted by Gasteiger charge is 2.48. The third-order valence-electron chi connectivity index (χ3n) is 6.57. The number of fused-ring (bicyclic) bond motifs is 2. The zero-order valence-electron chi connectivity index (χ0n) is 19.9. The lowest BCUT2D eigenvalue weighted by atomic mass is 9.94. The van der Waals surface area contributed by atoms with Gasteiger partial charge in [-0.15, -0.1) is 0 Å². The van der Waals surface area contributed by atoms with E-state index in [1.165, 1.54) is 30.2 Å². The molecule has 0 spiro atoms. The number of Topliss-reactive ketones (excluding diaryl/α,β-unsaturated/α-hetero) is 1. The first-order valence-corrected chi connectivity index (χ1v) is 12.5. The van der Waals surface area contributed by atoms with Gasteiger partial charge < -0.3 is 14.6 Å². The Kier molecular flexibility index (Phi) is 5.45. The summed E-state index contributed by atoms with van der Waals surface area (Å²) in [6, 6.07) is 15.3. The second-order valence-corrected chi connectivity index (χ2v) is 10.0. The van der Waals surface area contributed by atoms with Crippen LogP contribution in [0.5, 0.6) is 11.5 Å². The lowest BCUT2D eigenvalue weighted by Crippen LogP contribution is -2.29. The number of halogens is 1. The van der Waals surface area contributed by atoms with Gasteiger partial charge in [0.2, 0.25) is 0 Å². The summed E-state index contributed by atoms with van der Waals surface area (Å²) in [7, 11) is 1.52. The third-order valence-corrected chi connectivity index (χ3v) is 7.59. The summed E-state index contributed by atoms with van der Waals surface area (Å²) in [5.74, 6) is -1.12. The summed E-state index contributed by atoms with van der Waals surface area (Å²) in [6.07, 6.45) is 0.686. The number of carbonyl (C=O) groups is 2. The fourth-order valence-electron chi connectivity index (χ4n) is 4.87. The fourth-order valence-corrected chi connectivity index (χ4v) is 5.89. The fraction of sp³-hybridized carbons (Fsp3) is 0.179. The van der Waals surface area contributed by atoms with E-state index in [0.717, 1.165) is 22.6 Å². The van der Waals surface area contributed by atoms with Crippen LogP contribution < -0.4 is 14.4 Å². The van der Waals surface area contributed by atoms with Crippen molar-refractivity contribution in [1.29, 1.82) is 0 Å². The number of nitrogens with zero attached hydrogens (tertiary/aromatic N) is 2. The van der Waals surface area contributed by atoms with Crippen LogP contribution in [-0.2, 0) is 16.0 Å². The minimum absolute atomic E-state index is 0.0126. The smallest absolute Gasteiger partial charge is 0.301 e. The molecule has 0 saturated carbocycles. The van der Waals surface area contributed by atoms with Crippen molar-refractivity contribution in [1.82, 2.24) is 4.98 Å². The maximum atomic E-state index is 13.8. The van der Waals surface area contributed by atoms with Crippen molar-refractivity contribution < 1.29 is 28.6 Å². The van der Waals surface area contributed by atoms with Crippen molar-refractivity contribution in [2.24, 2.45) is 0 Å². The number of benzene rings is 3. The molecule has 1 fully saturated rings. The summed E-state index contributed by atoms with van der Waals surface area (Å²) in [5, 5.41) is 11.7. The van der Waals surface area contributed by atoms with Crippen molar-refractivity contribution >= 4 is 44.1 Å². The highest BCUT2D eigenvalue weighted by Crippen LogP contribution is 2.45. The highest BCUT2D eigenvalue weighted by atomic mass is 32.1. The lowest BCUT2D eigenvalue weighted by molar-refractivity contribution is -0.132. The third kappa shape index (κ3) is 3.82. The quantitative estimate of drug-likeness (QED) is 0.222. The largest absolute Gasteiger partial charge is 0.507 e. The van der Waals surface area contributed by atoms with Gasteiger partial charge in [-0.25, -0.2) is 9.37 Å². The monoisotopic (exact) mass is 516 g/mol. The molecule has 1 aromatic heterocycles. The molecule has 3 aromatic carbocycles. The van der Waals surface area contributed by atoms with Crippen molar-refractivity contribution in [3.8, 4) is 11.5 Å². The molecule has 0 radical (unpaired) electrons. The summed E-state index contributed by atoms with van der Waals surface area (Å²) >= 11 is 1.10. The molecule has 37 heavy (non-hydrogen) atoms. The molecule has 1 saturated heterocycles. The molecule has 186 valence electrons. The molecule has 3 heterocycles. The predicted molar refractivity (Wildman–Crippen MR) is 138 cm³/mol. The molecule has 1 amide bonds. The number of carbonyl (C=O) groups excluding carboxylic acids is 2. The van der Waals surface area contributed by atoms with E-state index in [1.807, 2.05) is 6.92 Å². The molecule has 0 unspecified atom stereocenters. The second-order valence-electron chi connectivity index (χ2n) is 9.01. The van der Waals surface area contributed by atoms with Crippen LogP contribution in [0, 0.1) is 5.82 Å². The molecular formula is C28H21FN2O5S. The number of aliphatic hydroxyl groups excluding tert-OH is 1. The van der Waals surface area contributed by atoms with Gasteiger partial charge in [0.1, 0.15) is 29.2 Å². The first-order valence-electron chi connectivity index (χ1n) is 11.6. The Morgan fingerprint density at radius 1 is 1.16 bits per heavy atom. The van der Waals surface area contributed by atoms with Gasteiger partial charge in [-0.2, -0.15) is 0 Å². The van der Waals surface area contributed by atoms with Gasteiger partial charge in [0.05, 0.1) is 28.9 Å². The van der Waals surface area contributed by atoms with E-state index in [-0.39, 0.29) is 22.6 Å². The first kappa shape index (κ1) is 23.2. The molecule has 6 rings (SSSR count). The number of aromatic nitrogens is 1. The minimum atomic E-state index is -0.969.